The first-order valence-electron chi connectivity index (χ1n) is 6.39. The fourth-order valence-corrected chi connectivity index (χ4v) is 2.48. The Kier molecular flexibility index (Phi) is 4.31. The zero-order valence-electron chi connectivity index (χ0n) is 10.3. The summed E-state index contributed by atoms with van der Waals surface area (Å²) < 4.78 is 13.4. The molecule has 2 rings (SSSR count). The molecule has 0 unspecified atom stereocenters. The largest absolute Gasteiger partial charge is 0.478 e. The molecule has 0 heterocycles. The van der Waals surface area contributed by atoms with Gasteiger partial charge in [0.25, 0.3) is 0 Å². The number of nitrogens with one attached hydrogen (secondary N) is 1. The second-order valence-electron chi connectivity index (χ2n) is 4.90. The van der Waals surface area contributed by atoms with Crippen molar-refractivity contribution >= 4 is 5.97 Å². The minimum atomic E-state index is -1.22. The minimum Gasteiger partial charge on any atom is -0.478 e. The van der Waals surface area contributed by atoms with Crippen LogP contribution in [0.1, 0.15) is 41.6 Å². The lowest BCUT2D eigenvalue weighted by Gasteiger charge is -2.10. The molecule has 1 aromatic carbocycles. The van der Waals surface area contributed by atoms with Crippen molar-refractivity contribution in [1.82, 2.24) is 5.32 Å². The highest BCUT2D eigenvalue weighted by Gasteiger charge is 2.14. The first-order chi connectivity index (χ1) is 8.66. The Labute approximate surface area is 106 Å². The molecular formula is C14H18FNO2. The molecule has 18 heavy (non-hydrogen) atoms. The van der Waals surface area contributed by atoms with Crippen LogP contribution in [0.15, 0.2) is 18.2 Å². The number of carboxylic acid groups (broad SMARTS) is 1. The maximum Gasteiger partial charge on any atom is 0.338 e. The van der Waals surface area contributed by atoms with Crippen molar-refractivity contribution in [2.24, 2.45) is 5.92 Å². The summed E-state index contributed by atoms with van der Waals surface area (Å²) in [5.41, 5.74) is 0.519. The van der Waals surface area contributed by atoms with Crippen molar-refractivity contribution in [1.29, 1.82) is 0 Å². The molecule has 3 nitrogen and oxygen atoms in total. The van der Waals surface area contributed by atoms with Crippen LogP contribution in [0.25, 0.3) is 0 Å². The normalized spacial score (nSPS) is 16.1. The van der Waals surface area contributed by atoms with Crippen LogP contribution in [0, 0.1) is 11.7 Å². The molecule has 0 saturated heterocycles. The Morgan fingerprint density at radius 3 is 2.72 bits per heavy atom. The lowest BCUT2D eigenvalue weighted by molar-refractivity contribution is 0.0692. The lowest BCUT2D eigenvalue weighted by atomic mass is 10.1. The van der Waals surface area contributed by atoms with Gasteiger partial charge in [0.15, 0.2) is 0 Å². The van der Waals surface area contributed by atoms with E-state index in [1.54, 1.807) is 6.07 Å². The molecule has 0 bridgehead atoms. The van der Waals surface area contributed by atoms with Gasteiger partial charge in [-0.3, -0.25) is 0 Å². The minimum absolute atomic E-state index is 0.269. The van der Waals surface area contributed by atoms with E-state index in [0.29, 0.717) is 6.54 Å². The Hall–Kier alpha value is -1.42. The quantitative estimate of drug-likeness (QED) is 0.846. The summed E-state index contributed by atoms with van der Waals surface area (Å²) in [4.78, 5) is 10.7. The first kappa shape index (κ1) is 13.0. The molecule has 0 atom stereocenters. The Morgan fingerprint density at radius 1 is 1.39 bits per heavy atom. The van der Waals surface area contributed by atoms with Gasteiger partial charge < -0.3 is 10.4 Å². The highest BCUT2D eigenvalue weighted by molar-refractivity contribution is 5.87. The Morgan fingerprint density at radius 2 is 2.11 bits per heavy atom. The second-order valence-corrected chi connectivity index (χ2v) is 4.90. The van der Waals surface area contributed by atoms with Crippen LogP contribution in [-0.2, 0) is 6.54 Å². The number of hydrogen-bond acceptors (Lipinski definition) is 2. The predicted molar refractivity (Wildman–Crippen MR) is 67.0 cm³/mol. The van der Waals surface area contributed by atoms with Gasteiger partial charge >= 0.3 is 5.97 Å². The number of hydrogen-bond donors (Lipinski definition) is 2. The average Bonchev–Trinajstić information content (AvgIpc) is 2.81. The van der Waals surface area contributed by atoms with Crippen molar-refractivity contribution in [2.45, 2.75) is 32.2 Å². The van der Waals surface area contributed by atoms with Gasteiger partial charge in [-0.25, -0.2) is 9.18 Å². The van der Waals surface area contributed by atoms with E-state index >= 15 is 0 Å². The zero-order chi connectivity index (χ0) is 13.0. The molecule has 0 amide bonds. The van der Waals surface area contributed by atoms with E-state index in [1.807, 2.05) is 0 Å². The Balaban J connectivity index is 1.85. The summed E-state index contributed by atoms with van der Waals surface area (Å²) in [7, 11) is 0. The summed E-state index contributed by atoms with van der Waals surface area (Å²) in [5.74, 6) is -1.14. The summed E-state index contributed by atoms with van der Waals surface area (Å²) in [5, 5.41) is 12.0. The zero-order valence-corrected chi connectivity index (χ0v) is 10.3. The third-order valence-electron chi connectivity index (χ3n) is 3.50. The summed E-state index contributed by atoms with van der Waals surface area (Å²) >= 11 is 0. The number of benzene rings is 1. The number of carboxylic acids is 1. The van der Waals surface area contributed by atoms with E-state index in [-0.39, 0.29) is 5.56 Å². The first-order valence-corrected chi connectivity index (χ1v) is 6.39. The highest BCUT2D eigenvalue weighted by Crippen LogP contribution is 2.23. The standard InChI is InChI=1S/C14H18FNO2/c15-13-7-11(5-6-12(13)14(17)18)9-16-8-10-3-1-2-4-10/h5-7,10,16H,1-4,8-9H2,(H,17,18). The molecule has 1 aliphatic rings. The van der Waals surface area contributed by atoms with Gasteiger partial charge in [-0.15, -0.1) is 0 Å². The third-order valence-corrected chi connectivity index (χ3v) is 3.50. The van der Waals surface area contributed by atoms with Gasteiger partial charge in [-0.2, -0.15) is 0 Å². The fourth-order valence-electron chi connectivity index (χ4n) is 2.48. The molecule has 2 N–H and O–H groups in total. The number of carbonyl (C=O) groups is 1. The maximum absolute atomic E-state index is 13.4. The number of halogens is 1. The van der Waals surface area contributed by atoms with Crippen LogP contribution < -0.4 is 5.32 Å². The third kappa shape index (κ3) is 3.29. The molecule has 1 saturated carbocycles. The van der Waals surface area contributed by atoms with Gasteiger partial charge in [0.05, 0.1) is 5.56 Å². The predicted octanol–water partition coefficient (Wildman–Crippen LogP) is 2.80. The van der Waals surface area contributed by atoms with E-state index in [9.17, 15) is 9.18 Å². The van der Waals surface area contributed by atoms with Gasteiger partial charge in [0, 0.05) is 6.54 Å². The van der Waals surface area contributed by atoms with Crippen LogP contribution >= 0.6 is 0 Å². The van der Waals surface area contributed by atoms with Crippen molar-refractivity contribution < 1.29 is 14.3 Å². The highest BCUT2D eigenvalue weighted by atomic mass is 19.1. The molecule has 1 fully saturated rings. The number of aromatic carboxylic acids is 1. The lowest BCUT2D eigenvalue weighted by Crippen LogP contribution is -2.20. The van der Waals surface area contributed by atoms with Crippen LogP contribution in [0.3, 0.4) is 0 Å². The van der Waals surface area contributed by atoms with Crippen molar-refractivity contribution in [3.63, 3.8) is 0 Å². The molecule has 0 aromatic heterocycles. The van der Waals surface area contributed by atoms with Crippen LogP contribution in [0.2, 0.25) is 0 Å². The molecule has 4 heteroatoms. The van der Waals surface area contributed by atoms with E-state index in [1.165, 1.54) is 37.8 Å². The maximum atomic E-state index is 13.4. The SMILES string of the molecule is O=C(O)c1ccc(CNCC2CCCC2)cc1F. The van der Waals surface area contributed by atoms with Crippen LogP contribution in [-0.4, -0.2) is 17.6 Å². The van der Waals surface area contributed by atoms with E-state index in [0.717, 1.165) is 18.0 Å². The molecule has 98 valence electrons. The monoisotopic (exact) mass is 251 g/mol. The topological polar surface area (TPSA) is 49.3 Å². The van der Waals surface area contributed by atoms with Gasteiger partial charge in [-0.1, -0.05) is 18.9 Å². The Bertz CT molecular complexity index is 428. The van der Waals surface area contributed by atoms with Crippen LogP contribution in [0.4, 0.5) is 4.39 Å². The molecule has 0 aliphatic heterocycles. The summed E-state index contributed by atoms with van der Waals surface area (Å²) in [6, 6.07) is 4.28. The molecular weight excluding hydrogens is 233 g/mol. The van der Waals surface area contributed by atoms with Crippen LogP contribution in [0.5, 0.6) is 0 Å². The average molecular weight is 251 g/mol. The smallest absolute Gasteiger partial charge is 0.338 e. The van der Waals surface area contributed by atoms with E-state index in [4.69, 9.17) is 5.11 Å². The summed E-state index contributed by atoms with van der Waals surface area (Å²) in [6.45, 7) is 1.55. The fraction of sp³-hybridized carbons (Fsp3) is 0.500. The molecule has 1 aliphatic carbocycles. The van der Waals surface area contributed by atoms with Crippen molar-refractivity contribution in [2.75, 3.05) is 6.54 Å². The van der Waals surface area contributed by atoms with Gasteiger partial charge in [-0.05, 0) is 43.0 Å². The number of rotatable bonds is 5. The molecule has 1 aromatic rings. The van der Waals surface area contributed by atoms with E-state index < -0.39 is 11.8 Å². The van der Waals surface area contributed by atoms with Crippen molar-refractivity contribution in [3.8, 4) is 0 Å². The van der Waals surface area contributed by atoms with Gasteiger partial charge in [0.2, 0.25) is 0 Å². The second kappa shape index (κ2) is 5.96. The molecule has 0 radical (unpaired) electrons. The van der Waals surface area contributed by atoms with E-state index in [2.05, 4.69) is 5.32 Å². The summed E-state index contributed by atoms with van der Waals surface area (Å²) in [6.07, 6.45) is 5.18. The van der Waals surface area contributed by atoms with Crippen molar-refractivity contribution in [3.05, 3.63) is 35.1 Å². The molecule has 0 spiro atoms. The van der Waals surface area contributed by atoms with Gasteiger partial charge in [0.1, 0.15) is 5.82 Å².